The SMILES string of the molecule is CCCCc1nc(C(C)(C)C)n(Cc2ccccc2)c1N. The average molecular weight is 285 g/mol. The topological polar surface area (TPSA) is 43.8 Å². The molecule has 2 aromatic rings. The number of nitrogens with zero attached hydrogens (tertiary/aromatic N) is 2. The maximum atomic E-state index is 6.39. The Kier molecular flexibility index (Phi) is 4.71. The molecular formula is C18H27N3. The number of hydrogen-bond donors (Lipinski definition) is 1. The summed E-state index contributed by atoms with van der Waals surface area (Å²) < 4.78 is 2.18. The summed E-state index contributed by atoms with van der Waals surface area (Å²) in [6, 6.07) is 10.4. The van der Waals surface area contributed by atoms with E-state index in [2.05, 4.69) is 56.5 Å². The van der Waals surface area contributed by atoms with Gasteiger partial charge >= 0.3 is 0 Å². The number of benzene rings is 1. The van der Waals surface area contributed by atoms with Gasteiger partial charge < -0.3 is 10.3 Å². The van der Waals surface area contributed by atoms with Crippen LogP contribution in [0.25, 0.3) is 0 Å². The molecular weight excluding hydrogens is 258 g/mol. The molecule has 2 rings (SSSR count). The Morgan fingerprint density at radius 1 is 1.14 bits per heavy atom. The van der Waals surface area contributed by atoms with Gasteiger partial charge in [0.05, 0.1) is 12.2 Å². The van der Waals surface area contributed by atoms with Gasteiger partial charge in [0.2, 0.25) is 0 Å². The van der Waals surface area contributed by atoms with Crippen LogP contribution in [0.2, 0.25) is 0 Å². The van der Waals surface area contributed by atoms with Crippen LogP contribution in [0, 0.1) is 0 Å². The van der Waals surface area contributed by atoms with E-state index in [1.54, 1.807) is 0 Å². The van der Waals surface area contributed by atoms with Gasteiger partial charge in [-0.15, -0.1) is 0 Å². The lowest BCUT2D eigenvalue weighted by Gasteiger charge is -2.20. The first-order valence-electron chi connectivity index (χ1n) is 7.82. The average Bonchev–Trinajstić information content (AvgIpc) is 2.75. The van der Waals surface area contributed by atoms with Crippen LogP contribution in [-0.2, 0) is 18.4 Å². The van der Waals surface area contributed by atoms with Crippen molar-refractivity contribution in [1.82, 2.24) is 9.55 Å². The van der Waals surface area contributed by atoms with Crippen molar-refractivity contribution >= 4 is 5.82 Å². The molecule has 3 heteroatoms. The van der Waals surface area contributed by atoms with Crippen molar-refractivity contribution in [2.24, 2.45) is 0 Å². The van der Waals surface area contributed by atoms with E-state index in [1.165, 1.54) is 5.56 Å². The van der Waals surface area contributed by atoms with Gasteiger partial charge in [-0.25, -0.2) is 4.98 Å². The van der Waals surface area contributed by atoms with Crippen molar-refractivity contribution in [1.29, 1.82) is 0 Å². The Hall–Kier alpha value is -1.77. The zero-order valence-electron chi connectivity index (χ0n) is 13.7. The van der Waals surface area contributed by atoms with Gasteiger partial charge in [-0.05, 0) is 18.4 Å². The molecule has 0 atom stereocenters. The smallest absolute Gasteiger partial charge is 0.127 e. The summed E-state index contributed by atoms with van der Waals surface area (Å²) in [5.74, 6) is 1.91. The van der Waals surface area contributed by atoms with Crippen LogP contribution in [0.15, 0.2) is 30.3 Å². The molecule has 0 bridgehead atoms. The van der Waals surface area contributed by atoms with E-state index >= 15 is 0 Å². The van der Waals surface area contributed by atoms with Gasteiger partial charge in [0, 0.05) is 5.41 Å². The van der Waals surface area contributed by atoms with Crippen molar-refractivity contribution in [2.45, 2.75) is 58.9 Å². The third-order valence-corrected chi connectivity index (χ3v) is 3.70. The Balaban J connectivity index is 2.39. The summed E-state index contributed by atoms with van der Waals surface area (Å²) in [5, 5.41) is 0. The van der Waals surface area contributed by atoms with Crippen molar-refractivity contribution in [2.75, 3.05) is 5.73 Å². The van der Waals surface area contributed by atoms with Crippen LogP contribution < -0.4 is 5.73 Å². The monoisotopic (exact) mass is 285 g/mol. The number of unbranched alkanes of at least 4 members (excludes halogenated alkanes) is 1. The van der Waals surface area contributed by atoms with E-state index in [1.807, 2.05) is 6.07 Å². The molecule has 0 aliphatic rings. The van der Waals surface area contributed by atoms with E-state index in [0.29, 0.717) is 0 Å². The van der Waals surface area contributed by atoms with E-state index < -0.39 is 0 Å². The number of anilines is 1. The molecule has 0 aliphatic heterocycles. The molecule has 0 radical (unpaired) electrons. The zero-order chi connectivity index (χ0) is 15.5. The number of rotatable bonds is 5. The summed E-state index contributed by atoms with van der Waals surface area (Å²) in [6.45, 7) is 9.57. The highest BCUT2D eigenvalue weighted by Crippen LogP contribution is 2.27. The highest BCUT2D eigenvalue weighted by molar-refractivity contribution is 5.41. The maximum absolute atomic E-state index is 6.39. The van der Waals surface area contributed by atoms with Gasteiger partial charge in [-0.3, -0.25) is 0 Å². The normalized spacial score (nSPS) is 11.8. The minimum absolute atomic E-state index is 0.00658. The van der Waals surface area contributed by atoms with Crippen LogP contribution in [0.1, 0.15) is 57.6 Å². The van der Waals surface area contributed by atoms with Crippen molar-refractivity contribution < 1.29 is 0 Å². The minimum Gasteiger partial charge on any atom is -0.384 e. The van der Waals surface area contributed by atoms with Crippen molar-refractivity contribution in [3.63, 3.8) is 0 Å². The fourth-order valence-corrected chi connectivity index (χ4v) is 2.54. The summed E-state index contributed by atoms with van der Waals surface area (Å²) >= 11 is 0. The van der Waals surface area contributed by atoms with Crippen molar-refractivity contribution in [3.8, 4) is 0 Å². The lowest BCUT2D eigenvalue weighted by Crippen LogP contribution is -2.20. The number of hydrogen-bond acceptors (Lipinski definition) is 2. The van der Waals surface area contributed by atoms with Crippen LogP contribution in [0.3, 0.4) is 0 Å². The Bertz CT molecular complexity index is 577. The van der Waals surface area contributed by atoms with Gasteiger partial charge in [0.15, 0.2) is 0 Å². The second-order valence-electron chi connectivity index (χ2n) is 6.69. The quantitative estimate of drug-likeness (QED) is 0.896. The molecule has 0 amide bonds. The number of aryl methyl sites for hydroxylation is 1. The molecule has 1 aromatic heterocycles. The van der Waals surface area contributed by atoms with E-state index in [9.17, 15) is 0 Å². The lowest BCUT2D eigenvalue weighted by atomic mass is 9.95. The molecule has 0 saturated carbocycles. The van der Waals surface area contributed by atoms with E-state index in [-0.39, 0.29) is 5.41 Å². The molecule has 2 N–H and O–H groups in total. The molecule has 1 heterocycles. The van der Waals surface area contributed by atoms with Gasteiger partial charge in [0.1, 0.15) is 11.6 Å². The molecule has 1 aromatic carbocycles. The summed E-state index contributed by atoms with van der Waals surface area (Å²) in [6.07, 6.45) is 3.26. The highest BCUT2D eigenvalue weighted by Gasteiger charge is 2.24. The lowest BCUT2D eigenvalue weighted by molar-refractivity contribution is 0.512. The zero-order valence-corrected chi connectivity index (χ0v) is 13.7. The maximum Gasteiger partial charge on any atom is 0.127 e. The molecule has 0 aliphatic carbocycles. The largest absolute Gasteiger partial charge is 0.384 e. The highest BCUT2D eigenvalue weighted by atomic mass is 15.1. The van der Waals surface area contributed by atoms with Gasteiger partial charge in [-0.2, -0.15) is 0 Å². The molecule has 0 spiro atoms. The van der Waals surface area contributed by atoms with Crippen LogP contribution >= 0.6 is 0 Å². The first kappa shape index (κ1) is 15.6. The Morgan fingerprint density at radius 2 is 1.81 bits per heavy atom. The Labute approximate surface area is 128 Å². The van der Waals surface area contributed by atoms with Crippen LogP contribution in [0.5, 0.6) is 0 Å². The first-order chi connectivity index (χ1) is 9.93. The molecule has 0 fully saturated rings. The molecule has 21 heavy (non-hydrogen) atoms. The van der Waals surface area contributed by atoms with Gasteiger partial charge in [0.25, 0.3) is 0 Å². The first-order valence-corrected chi connectivity index (χ1v) is 7.82. The van der Waals surface area contributed by atoms with E-state index in [0.717, 1.165) is 43.1 Å². The number of nitrogens with two attached hydrogens (primary N) is 1. The van der Waals surface area contributed by atoms with Crippen LogP contribution in [0.4, 0.5) is 5.82 Å². The Morgan fingerprint density at radius 3 is 2.38 bits per heavy atom. The third-order valence-electron chi connectivity index (χ3n) is 3.70. The molecule has 0 unspecified atom stereocenters. The fraction of sp³-hybridized carbons (Fsp3) is 0.500. The minimum atomic E-state index is -0.00658. The molecule has 114 valence electrons. The number of imidazole rings is 1. The molecule has 3 nitrogen and oxygen atoms in total. The second-order valence-corrected chi connectivity index (χ2v) is 6.69. The standard InChI is InChI=1S/C18H27N3/c1-5-6-12-15-16(19)21(17(20-15)18(2,3)4)13-14-10-8-7-9-11-14/h7-11H,5-6,12-13,19H2,1-4H3. The molecule has 0 saturated heterocycles. The van der Waals surface area contributed by atoms with Crippen LogP contribution in [-0.4, -0.2) is 9.55 Å². The van der Waals surface area contributed by atoms with Gasteiger partial charge in [-0.1, -0.05) is 64.4 Å². The number of nitrogen functional groups attached to an aromatic ring is 1. The summed E-state index contributed by atoms with van der Waals surface area (Å²) in [4.78, 5) is 4.85. The predicted octanol–water partition coefficient (Wildman–Crippen LogP) is 4.15. The predicted molar refractivity (Wildman–Crippen MR) is 89.5 cm³/mol. The van der Waals surface area contributed by atoms with E-state index in [4.69, 9.17) is 10.7 Å². The number of aromatic nitrogens is 2. The third kappa shape index (κ3) is 3.66. The summed E-state index contributed by atoms with van der Waals surface area (Å²) in [5.41, 5.74) is 8.70. The second kappa shape index (κ2) is 6.33. The van der Waals surface area contributed by atoms with Crippen molar-refractivity contribution in [3.05, 3.63) is 47.4 Å². The fourth-order valence-electron chi connectivity index (χ4n) is 2.54. The summed E-state index contributed by atoms with van der Waals surface area (Å²) in [7, 11) is 0.